The molecule has 0 radical (unpaired) electrons. The summed E-state index contributed by atoms with van der Waals surface area (Å²) in [5.74, 6) is 1.30. The zero-order valence-corrected chi connectivity index (χ0v) is 13.4. The van der Waals surface area contributed by atoms with Crippen molar-refractivity contribution in [3.63, 3.8) is 0 Å². The van der Waals surface area contributed by atoms with Crippen molar-refractivity contribution in [2.75, 3.05) is 26.2 Å². The highest BCUT2D eigenvalue weighted by atomic mass is 15.2. The monoisotopic (exact) mass is 278 g/mol. The van der Waals surface area contributed by atoms with Crippen molar-refractivity contribution in [2.45, 2.75) is 59.5 Å². The molecule has 0 spiro atoms. The van der Waals surface area contributed by atoms with Crippen molar-refractivity contribution in [1.82, 2.24) is 19.8 Å². The van der Waals surface area contributed by atoms with Gasteiger partial charge in [-0.3, -0.25) is 0 Å². The molecule has 0 fully saturated rings. The van der Waals surface area contributed by atoms with Gasteiger partial charge >= 0.3 is 0 Å². The van der Waals surface area contributed by atoms with Crippen LogP contribution in [0.5, 0.6) is 0 Å². The molecule has 0 aliphatic carbocycles. The molecule has 1 aliphatic heterocycles. The van der Waals surface area contributed by atoms with Crippen LogP contribution in [0.15, 0.2) is 0 Å². The summed E-state index contributed by atoms with van der Waals surface area (Å²) in [5, 5.41) is 3.43. The Bertz CT molecular complexity index is 411. The van der Waals surface area contributed by atoms with Gasteiger partial charge in [-0.2, -0.15) is 0 Å². The topological polar surface area (TPSA) is 33.1 Å². The Labute approximate surface area is 123 Å². The van der Waals surface area contributed by atoms with Crippen LogP contribution in [0.2, 0.25) is 0 Å². The molecular formula is C16H30N4. The average Bonchev–Trinajstić information content (AvgIpc) is 2.81. The number of likely N-dealkylation sites (N-methyl/N-ethyl adjacent to an activating group) is 1. The molecule has 1 aromatic heterocycles. The molecule has 1 aromatic rings. The summed E-state index contributed by atoms with van der Waals surface area (Å²) < 4.78 is 2.51. The second-order valence-corrected chi connectivity index (χ2v) is 5.68. The van der Waals surface area contributed by atoms with Crippen LogP contribution in [-0.4, -0.2) is 40.6 Å². The molecule has 4 heteroatoms. The number of rotatable bonds is 8. The summed E-state index contributed by atoms with van der Waals surface area (Å²) in [4.78, 5) is 7.42. The van der Waals surface area contributed by atoms with Crippen LogP contribution in [-0.2, 0) is 25.9 Å². The summed E-state index contributed by atoms with van der Waals surface area (Å²) in [6, 6.07) is 0. The number of hydrogen-bond acceptors (Lipinski definition) is 3. The molecule has 20 heavy (non-hydrogen) atoms. The van der Waals surface area contributed by atoms with Crippen LogP contribution in [0.1, 0.15) is 50.8 Å². The van der Waals surface area contributed by atoms with Crippen LogP contribution in [0.3, 0.4) is 0 Å². The maximum atomic E-state index is 4.87. The molecule has 0 saturated heterocycles. The fourth-order valence-corrected chi connectivity index (χ4v) is 3.09. The first kappa shape index (κ1) is 15.5. The Kier molecular flexibility index (Phi) is 6.05. The van der Waals surface area contributed by atoms with Crippen LogP contribution in [0, 0.1) is 0 Å². The van der Waals surface area contributed by atoms with Gasteiger partial charge in [-0.1, -0.05) is 20.8 Å². The normalized spacial score (nSPS) is 14.8. The number of aromatic nitrogens is 2. The molecule has 0 atom stereocenters. The minimum Gasteiger partial charge on any atom is -0.330 e. The van der Waals surface area contributed by atoms with Crippen molar-refractivity contribution in [3.8, 4) is 0 Å². The van der Waals surface area contributed by atoms with Crippen molar-refractivity contribution in [1.29, 1.82) is 0 Å². The summed E-state index contributed by atoms with van der Waals surface area (Å²) >= 11 is 0. The van der Waals surface area contributed by atoms with E-state index < -0.39 is 0 Å². The smallest absolute Gasteiger partial charge is 0.109 e. The Morgan fingerprint density at radius 1 is 1.20 bits per heavy atom. The Morgan fingerprint density at radius 2 is 2.05 bits per heavy atom. The highest BCUT2D eigenvalue weighted by Crippen LogP contribution is 2.17. The van der Waals surface area contributed by atoms with E-state index in [2.05, 4.69) is 35.6 Å². The van der Waals surface area contributed by atoms with E-state index >= 15 is 0 Å². The van der Waals surface area contributed by atoms with Crippen LogP contribution < -0.4 is 5.32 Å². The van der Waals surface area contributed by atoms with Gasteiger partial charge < -0.3 is 14.8 Å². The van der Waals surface area contributed by atoms with E-state index in [1.165, 1.54) is 36.6 Å². The zero-order chi connectivity index (χ0) is 14.4. The van der Waals surface area contributed by atoms with Gasteiger partial charge in [0.15, 0.2) is 0 Å². The van der Waals surface area contributed by atoms with Gasteiger partial charge in [0.05, 0.1) is 5.69 Å². The maximum absolute atomic E-state index is 4.87. The predicted molar refractivity (Wildman–Crippen MR) is 84.0 cm³/mol. The van der Waals surface area contributed by atoms with E-state index in [0.717, 1.165) is 45.6 Å². The average molecular weight is 278 g/mol. The van der Waals surface area contributed by atoms with E-state index in [0.29, 0.717) is 0 Å². The van der Waals surface area contributed by atoms with Crippen molar-refractivity contribution in [2.24, 2.45) is 0 Å². The Morgan fingerprint density at radius 3 is 2.75 bits per heavy atom. The second kappa shape index (κ2) is 7.79. The molecule has 0 bridgehead atoms. The van der Waals surface area contributed by atoms with Crippen molar-refractivity contribution in [3.05, 3.63) is 17.2 Å². The second-order valence-electron chi connectivity index (χ2n) is 5.68. The van der Waals surface area contributed by atoms with Crippen LogP contribution in [0.4, 0.5) is 0 Å². The van der Waals surface area contributed by atoms with Crippen molar-refractivity contribution >= 4 is 0 Å². The third-order valence-electron chi connectivity index (χ3n) is 4.17. The first-order valence-corrected chi connectivity index (χ1v) is 8.30. The van der Waals surface area contributed by atoms with Crippen LogP contribution in [0.25, 0.3) is 0 Å². The molecule has 2 heterocycles. The Balaban J connectivity index is 2.10. The van der Waals surface area contributed by atoms with Gasteiger partial charge in [-0.15, -0.1) is 0 Å². The largest absolute Gasteiger partial charge is 0.330 e. The predicted octanol–water partition coefficient (Wildman–Crippen LogP) is 2.21. The molecule has 2 rings (SSSR count). The number of fused-ring (bicyclic) bond motifs is 1. The SMILES string of the molecule is CCCc1nc2c(n1CCN(CC)CCC)CCNC2. The van der Waals surface area contributed by atoms with E-state index in [-0.39, 0.29) is 0 Å². The summed E-state index contributed by atoms with van der Waals surface area (Å²) in [7, 11) is 0. The summed E-state index contributed by atoms with van der Waals surface area (Å²) in [6.45, 7) is 13.4. The summed E-state index contributed by atoms with van der Waals surface area (Å²) in [5.41, 5.74) is 2.78. The number of hydrogen-bond donors (Lipinski definition) is 1. The highest BCUT2D eigenvalue weighted by molar-refractivity contribution is 5.20. The fraction of sp³-hybridized carbons (Fsp3) is 0.812. The lowest BCUT2D eigenvalue weighted by Gasteiger charge is -2.22. The number of nitrogens with one attached hydrogen (secondary N) is 1. The quantitative estimate of drug-likeness (QED) is 0.791. The lowest BCUT2D eigenvalue weighted by atomic mass is 10.2. The lowest BCUT2D eigenvalue weighted by molar-refractivity contribution is 0.274. The zero-order valence-electron chi connectivity index (χ0n) is 13.4. The first-order chi connectivity index (χ1) is 9.80. The van der Waals surface area contributed by atoms with Gasteiger partial charge in [0.2, 0.25) is 0 Å². The molecule has 1 N–H and O–H groups in total. The number of aryl methyl sites for hydroxylation is 1. The minimum absolute atomic E-state index is 0.950. The third kappa shape index (κ3) is 3.61. The molecule has 4 nitrogen and oxygen atoms in total. The van der Waals surface area contributed by atoms with Gasteiger partial charge in [-0.05, 0) is 25.9 Å². The minimum atomic E-state index is 0.950. The molecule has 0 saturated carbocycles. The van der Waals surface area contributed by atoms with E-state index in [1.807, 2.05) is 0 Å². The van der Waals surface area contributed by atoms with Gasteiger partial charge in [0.1, 0.15) is 5.82 Å². The third-order valence-corrected chi connectivity index (χ3v) is 4.17. The van der Waals surface area contributed by atoms with Gasteiger partial charge in [-0.25, -0.2) is 4.98 Å². The number of nitrogens with zero attached hydrogens (tertiary/aromatic N) is 3. The molecule has 0 unspecified atom stereocenters. The molecule has 0 amide bonds. The van der Waals surface area contributed by atoms with E-state index in [4.69, 9.17) is 4.98 Å². The fourth-order valence-electron chi connectivity index (χ4n) is 3.09. The first-order valence-electron chi connectivity index (χ1n) is 8.30. The van der Waals surface area contributed by atoms with Gasteiger partial charge in [0.25, 0.3) is 0 Å². The Hall–Kier alpha value is -0.870. The molecular weight excluding hydrogens is 248 g/mol. The van der Waals surface area contributed by atoms with E-state index in [9.17, 15) is 0 Å². The standard InChI is InChI=1S/C16H30N4/c1-4-7-16-18-14-13-17-9-8-15(14)20(16)12-11-19(6-3)10-5-2/h17H,4-13H2,1-3H3. The number of imidazole rings is 1. The maximum Gasteiger partial charge on any atom is 0.109 e. The molecule has 1 aliphatic rings. The molecule has 0 aromatic carbocycles. The van der Waals surface area contributed by atoms with Gasteiger partial charge in [0, 0.05) is 44.7 Å². The van der Waals surface area contributed by atoms with E-state index in [1.54, 1.807) is 0 Å². The van der Waals surface area contributed by atoms with Crippen molar-refractivity contribution < 1.29 is 0 Å². The summed E-state index contributed by atoms with van der Waals surface area (Å²) in [6.07, 6.45) is 4.65. The highest BCUT2D eigenvalue weighted by Gasteiger charge is 2.19. The molecule has 114 valence electrons. The van der Waals surface area contributed by atoms with Crippen LogP contribution >= 0.6 is 0 Å². The lowest BCUT2D eigenvalue weighted by Crippen LogP contribution is -2.30.